The van der Waals surface area contributed by atoms with Gasteiger partial charge in [-0.1, -0.05) is 59.6 Å². The Balaban J connectivity index is 1.37. The van der Waals surface area contributed by atoms with Crippen molar-refractivity contribution in [3.63, 3.8) is 0 Å². The Hall–Kier alpha value is -3.41. The second-order valence-corrected chi connectivity index (χ2v) is 14.4. The highest BCUT2D eigenvalue weighted by atomic mass is 35.5. The fourth-order valence-electron chi connectivity index (χ4n) is 5.46. The molecule has 236 valence electrons. The van der Waals surface area contributed by atoms with E-state index < -0.39 is 15.5 Å². The third-order valence-electron chi connectivity index (χ3n) is 7.84. The van der Waals surface area contributed by atoms with Gasteiger partial charge in [0, 0.05) is 45.6 Å². The van der Waals surface area contributed by atoms with Gasteiger partial charge in [0.05, 0.1) is 29.8 Å². The number of hydrogen-bond acceptors (Lipinski definition) is 7. The van der Waals surface area contributed by atoms with Gasteiger partial charge >= 0.3 is 0 Å². The van der Waals surface area contributed by atoms with Crippen molar-refractivity contribution in [2.75, 3.05) is 32.6 Å². The Bertz CT molecular complexity index is 1790. The summed E-state index contributed by atoms with van der Waals surface area (Å²) in [5, 5.41) is 0.967. The summed E-state index contributed by atoms with van der Waals surface area (Å²) in [6.45, 7) is 1.11. The molecule has 0 aliphatic carbocycles. The lowest BCUT2D eigenvalue weighted by Gasteiger charge is -2.40. The number of likely N-dealkylation sites (tertiary alicyclic amines) is 1. The summed E-state index contributed by atoms with van der Waals surface area (Å²) in [7, 11) is -3.49. The van der Waals surface area contributed by atoms with Gasteiger partial charge in [-0.25, -0.2) is 0 Å². The standard InChI is InChI=1S/C33H32Cl2N2O6S2/c1-45(40,41)43-19-5-18-42-25-11-8-22(9-12-25)30-27(26-13-10-24(34)20-28(26)35)21-29(44-30)31(38)37-16-14-33(15-17-37,32(36)39)23-6-3-2-4-7-23/h2-4,6-13,20-21H,5,14-19H2,1H3,(H2,36,39). The lowest BCUT2D eigenvalue weighted by atomic mass is 9.72. The molecule has 5 rings (SSSR count). The Morgan fingerprint density at radius 3 is 2.24 bits per heavy atom. The largest absolute Gasteiger partial charge is 0.494 e. The molecular weight excluding hydrogens is 655 g/mol. The van der Waals surface area contributed by atoms with Crippen molar-refractivity contribution in [2.24, 2.45) is 5.73 Å². The smallest absolute Gasteiger partial charge is 0.264 e. The number of thiophene rings is 1. The predicted molar refractivity (Wildman–Crippen MR) is 179 cm³/mol. The van der Waals surface area contributed by atoms with Gasteiger partial charge in [-0.05, 0) is 66.4 Å². The number of hydrogen-bond donors (Lipinski definition) is 1. The number of nitrogens with two attached hydrogens (primary N) is 1. The minimum Gasteiger partial charge on any atom is -0.494 e. The van der Waals surface area contributed by atoms with Crippen LogP contribution in [0.4, 0.5) is 0 Å². The van der Waals surface area contributed by atoms with E-state index in [-0.39, 0.29) is 25.0 Å². The van der Waals surface area contributed by atoms with E-state index in [0.717, 1.165) is 33.4 Å². The maximum Gasteiger partial charge on any atom is 0.264 e. The van der Waals surface area contributed by atoms with E-state index in [0.29, 0.717) is 53.0 Å². The number of carbonyl (C=O) groups excluding carboxylic acids is 2. The Morgan fingerprint density at radius 1 is 0.933 bits per heavy atom. The molecule has 0 radical (unpaired) electrons. The van der Waals surface area contributed by atoms with E-state index in [1.807, 2.05) is 66.7 Å². The number of primary amides is 1. The summed E-state index contributed by atoms with van der Waals surface area (Å²) in [5.74, 6) is 0.107. The van der Waals surface area contributed by atoms with E-state index >= 15 is 0 Å². The first-order chi connectivity index (χ1) is 21.5. The summed E-state index contributed by atoms with van der Waals surface area (Å²) in [6.07, 6.45) is 2.30. The molecule has 45 heavy (non-hydrogen) atoms. The minimum atomic E-state index is -3.49. The summed E-state index contributed by atoms with van der Waals surface area (Å²) >= 11 is 14.2. The summed E-state index contributed by atoms with van der Waals surface area (Å²) in [4.78, 5) is 29.7. The molecule has 0 saturated carbocycles. The predicted octanol–water partition coefficient (Wildman–Crippen LogP) is 6.79. The molecule has 1 saturated heterocycles. The van der Waals surface area contributed by atoms with Crippen molar-refractivity contribution in [1.82, 2.24) is 4.90 Å². The van der Waals surface area contributed by atoms with Crippen molar-refractivity contribution >= 4 is 56.5 Å². The molecule has 1 aliphatic rings. The van der Waals surface area contributed by atoms with Crippen LogP contribution in [0.25, 0.3) is 21.6 Å². The molecule has 0 spiro atoms. The molecule has 0 unspecified atom stereocenters. The number of amides is 2. The maximum absolute atomic E-state index is 13.9. The monoisotopic (exact) mass is 686 g/mol. The van der Waals surface area contributed by atoms with E-state index in [1.165, 1.54) is 11.3 Å². The number of benzene rings is 3. The second kappa shape index (κ2) is 13.9. The van der Waals surface area contributed by atoms with E-state index in [2.05, 4.69) is 0 Å². The number of rotatable bonds is 11. The highest BCUT2D eigenvalue weighted by Gasteiger charge is 2.42. The van der Waals surface area contributed by atoms with Gasteiger partial charge in [-0.3, -0.25) is 13.8 Å². The first-order valence-corrected chi connectivity index (χ1v) is 17.7. The van der Waals surface area contributed by atoms with Crippen molar-refractivity contribution in [1.29, 1.82) is 0 Å². The summed E-state index contributed by atoms with van der Waals surface area (Å²) in [5.41, 5.74) is 8.37. The molecule has 2 amide bonds. The number of piperidine rings is 1. The number of carbonyl (C=O) groups is 2. The summed E-state index contributed by atoms with van der Waals surface area (Å²) < 4.78 is 32.7. The van der Waals surface area contributed by atoms with Gasteiger partial charge in [0.1, 0.15) is 5.75 Å². The summed E-state index contributed by atoms with van der Waals surface area (Å²) in [6, 6.07) is 24.1. The molecule has 3 aromatic carbocycles. The molecule has 1 aromatic heterocycles. The first-order valence-electron chi connectivity index (χ1n) is 14.3. The van der Waals surface area contributed by atoms with Crippen LogP contribution >= 0.6 is 34.5 Å². The number of ether oxygens (including phenoxy) is 1. The van der Waals surface area contributed by atoms with Crippen molar-refractivity contribution in [3.8, 4) is 27.3 Å². The molecule has 2 heterocycles. The lowest BCUT2D eigenvalue weighted by molar-refractivity contribution is -0.125. The Morgan fingerprint density at radius 2 is 1.62 bits per heavy atom. The number of halogens is 2. The molecule has 8 nitrogen and oxygen atoms in total. The fraction of sp³-hybridized carbons (Fsp3) is 0.273. The maximum atomic E-state index is 13.9. The zero-order valence-corrected chi connectivity index (χ0v) is 27.6. The van der Waals surface area contributed by atoms with Crippen LogP contribution < -0.4 is 10.5 Å². The van der Waals surface area contributed by atoms with Crippen molar-refractivity contribution in [3.05, 3.63) is 99.3 Å². The Kier molecular flexibility index (Phi) is 10.2. The molecule has 4 aromatic rings. The zero-order valence-electron chi connectivity index (χ0n) is 24.5. The topological polar surface area (TPSA) is 116 Å². The molecule has 1 aliphatic heterocycles. The van der Waals surface area contributed by atoms with Crippen molar-refractivity contribution in [2.45, 2.75) is 24.7 Å². The third-order valence-corrected chi connectivity index (χ3v) is 10.2. The van der Waals surface area contributed by atoms with Gasteiger partial charge in [0.25, 0.3) is 16.0 Å². The SMILES string of the molecule is CS(=O)(=O)OCCCOc1ccc(-c2sc(C(=O)N3CCC(C(N)=O)(c4ccccc4)CC3)cc2-c2ccc(Cl)cc2Cl)cc1. The normalized spacial score (nSPS) is 14.7. The van der Waals surface area contributed by atoms with Gasteiger partial charge in [-0.15, -0.1) is 11.3 Å². The highest BCUT2D eigenvalue weighted by molar-refractivity contribution is 7.85. The van der Waals surface area contributed by atoms with Crippen LogP contribution in [0, 0.1) is 0 Å². The van der Waals surface area contributed by atoms with E-state index in [4.69, 9.17) is 37.9 Å². The van der Waals surface area contributed by atoms with Gasteiger partial charge in [0.2, 0.25) is 5.91 Å². The van der Waals surface area contributed by atoms with Gasteiger partial charge in [0.15, 0.2) is 0 Å². The Labute approximate surface area is 276 Å². The van der Waals surface area contributed by atoms with Gasteiger partial charge in [-0.2, -0.15) is 8.42 Å². The van der Waals surface area contributed by atoms with Crippen LogP contribution in [-0.2, 0) is 24.5 Å². The fourth-order valence-corrected chi connectivity index (χ4v) is 7.54. The van der Waals surface area contributed by atoms with Crippen LogP contribution in [0.3, 0.4) is 0 Å². The van der Waals surface area contributed by atoms with Gasteiger partial charge < -0.3 is 15.4 Å². The highest BCUT2D eigenvalue weighted by Crippen LogP contribution is 2.44. The quantitative estimate of drug-likeness (QED) is 0.137. The van der Waals surface area contributed by atoms with Crippen LogP contribution in [0.2, 0.25) is 10.0 Å². The van der Waals surface area contributed by atoms with Crippen LogP contribution in [-0.4, -0.2) is 57.7 Å². The average molecular weight is 688 g/mol. The molecule has 1 fully saturated rings. The molecular formula is C33H32Cl2N2O6S2. The first kappa shape index (κ1) is 33.0. The second-order valence-electron chi connectivity index (χ2n) is 10.8. The third kappa shape index (κ3) is 7.70. The van der Waals surface area contributed by atoms with Crippen LogP contribution in [0.1, 0.15) is 34.5 Å². The number of nitrogens with zero attached hydrogens (tertiary/aromatic N) is 1. The molecule has 2 N–H and O–H groups in total. The molecule has 0 bridgehead atoms. The molecule has 0 atom stereocenters. The van der Waals surface area contributed by atoms with Crippen molar-refractivity contribution < 1.29 is 26.9 Å². The van der Waals surface area contributed by atoms with E-state index in [9.17, 15) is 18.0 Å². The van der Waals surface area contributed by atoms with E-state index in [1.54, 1.807) is 17.0 Å². The minimum absolute atomic E-state index is 0.0426. The zero-order chi connectivity index (χ0) is 32.2. The molecule has 12 heteroatoms. The van der Waals surface area contributed by atoms with Crippen LogP contribution in [0.15, 0.2) is 78.9 Å². The van der Waals surface area contributed by atoms with Crippen LogP contribution in [0.5, 0.6) is 5.75 Å². The average Bonchev–Trinajstić information content (AvgIpc) is 3.46. The lowest BCUT2D eigenvalue weighted by Crippen LogP contribution is -2.51.